The number of rotatable bonds is 7. The van der Waals surface area contributed by atoms with Crippen LogP contribution in [0.3, 0.4) is 0 Å². The molecule has 0 saturated carbocycles. The van der Waals surface area contributed by atoms with Gasteiger partial charge in [-0.2, -0.15) is 0 Å². The number of halogens is 2. The third-order valence-corrected chi connectivity index (χ3v) is 6.43. The first-order chi connectivity index (χ1) is 16.0. The second kappa shape index (κ2) is 10.7. The molecule has 3 aromatic rings. The predicted octanol–water partition coefficient (Wildman–Crippen LogP) is 4.34. The van der Waals surface area contributed by atoms with Gasteiger partial charge in [0.05, 0.1) is 23.6 Å². The van der Waals surface area contributed by atoms with Crippen molar-refractivity contribution in [2.45, 2.75) is 5.03 Å². The molecule has 7 nitrogen and oxygen atoms in total. The smallest absolute Gasteiger partial charge is 0.234 e. The minimum absolute atomic E-state index is 0.167. The topological polar surface area (TPSA) is 70.6 Å². The van der Waals surface area contributed by atoms with Crippen molar-refractivity contribution in [1.29, 1.82) is 0 Å². The van der Waals surface area contributed by atoms with Crippen LogP contribution < -0.4 is 19.9 Å². The third kappa shape index (κ3) is 5.85. The fourth-order valence-electron chi connectivity index (χ4n) is 3.55. The van der Waals surface area contributed by atoms with E-state index in [4.69, 9.17) is 16.3 Å². The number of benzene rings is 2. The van der Waals surface area contributed by atoms with Crippen molar-refractivity contribution in [3.8, 4) is 5.75 Å². The molecule has 0 unspecified atom stereocenters. The van der Waals surface area contributed by atoms with Crippen LogP contribution in [0.5, 0.6) is 5.75 Å². The van der Waals surface area contributed by atoms with Gasteiger partial charge in [-0.1, -0.05) is 35.5 Å². The molecule has 0 aliphatic carbocycles. The second-order valence-electron chi connectivity index (χ2n) is 7.33. The summed E-state index contributed by atoms with van der Waals surface area (Å²) in [5.74, 6) is 1.17. The Hall–Kier alpha value is -3.04. The quantitative estimate of drug-likeness (QED) is 0.392. The Kier molecular flexibility index (Phi) is 7.51. The number of carbonyl (C=O) groups excluding carboxylic acids is 1. The molecule has 1 fully saturated rings. The number of thioether (sulfide) groups is 1. The molecule has 0 bridgehead atoms. The molecule has 0 spiro atoms. The average molecular weight is 488 g/mol. The minimum Gasteiger partial charge on any atom is -0.495 e. The van der Waals surface area contributed by atoms with Crippen molar-refractivity contribution in [1.82, 2.24) is 9.97 Å². The summed E-state index contributed by atoms with van der Waals surface area (Å²) in [5, 5.41) is 3.95. The molecule has 4 rings (SSSR count). The zero-order chi connectivity index (χ0) is 23.2. The number of anilines is 3. The van der Waals surface area contributed by atoms with Gasteiger partial charge in [0.25, 0.3) is 0 Å². The van der Waals surface area contributed by atoms with Crippen molar-refractivity contribution in [2.24, 2.45) is 0 Å². The van der Waals surface area contributed by atoms with Gasteiger partial charge in [0.2, 0.25) is 5.91 Å². The molecule has 33 heavy (non-hydrogen) atoms. The number of methoxy groups -OCH3 is 1. The molecule has 172 valence electrons. The summed E-state index contributed by atoms with van der Waals surface area (Å²) in [6, 6.07) is 13.8. The van der Waals surface area contributed by atoms with E-state index in [0.717, 1.165) is 5.82 Å². The number of piperazine rings is 1. The summed E-state index contributed by atoms with van der Waals surface area (Å²) in [4.78, 5) is 25.2. The van der Waals surface area contributed by atoms with E-state index in [-0.39, 0.29) is 17.5 Å². The fraction of sp³-hybridized carbons (Fsp3) is 0.261. The maximum atomic E-state index is 14.1. The van der Waals surface area contributed by atoms with Crippen LogP contribution in [0.4, 0.5) is 21.6 Å². The van der Waals surface area contributed by atoms with Gasteiger partial charge in [-0.05, 0) is 30.3 Å². The van der Waals surface area contributed by atoms with E-state index >= 15 is 0 Å². The van der Waals surface area contributed by atoms with Gasteiger partial charge in [0.15, 0.2) is 0 Å². The van der Waals surface area contributed by atoms with Crippen molar-refractivity contribution < 1.29 is 13.9 Å². The summed E-state index contributed by atoms with van der Waals surface area (Å²) in [6.07, 6.45) is 1.50. The predicted molar refractivity (Wildman–Crippen MR) is 130 cm³/mol. The normalized spacial score (nSPS) is 13.7. The van der Waals surface area contributed by atoms with Gasteiger partial charge in [-0.3, -0.25) is 4.79 Å². The van der Waals surface area contributed by atoms with Crippen molar-refractivity contribution >= 4 is 46.5 Å². The molecule has 1 aliphatic rings. The van der Waals surface area contributed by atoms with Gasteiger partial charge >= 0.3 is 0 Å². The number of ether oxygens (including phenoxy) is 1. The standard InChI is InChI=1S/C23H23ClFN5O2S/c1-32-20-7-6-16(12-17(20)24)28-22(31)14-33-23-13-21(26-15-27-23)30-10-8-29(9-11-30)19-5-3-2-4-18(19)25/h2-7,12-13,15H,8-11,14H2,1H3,(H,28,31). The van der Waals surface area contributed by atoms with Crippen molar-refractivity contribution in [3.05, 3.63) is 65.7 Å². The molecule has 0 radical (unpaired) electrons. The largest absolute Gasteiger partial charge is 0.495 e. The van der Waals surface area contributed by atoms with Crippen LogP contribution in [0.2, 0.25) is 5.02 Å². The number of amides is 1. The Morgan fingerprint density at radius 1 is 1.12 bits per heavy atom. The third-order valence-electron chi connectivity index (χ3n) is 5.21. The first kappa shape index (κ1) is 23.1. The fourth-order valence-corrected chi connectivity index (χ4v) is 4.47. The highest BCUT2D eigenvalue weighted by Gasteiger charge is 2.20. The lowest BCUT2D eigenvalue weighted by molar-refractivity contribution is -0.113. The number of nitrogens with zero attached hydrogens (tertiary/aromatic N) is 4. The maximum Gasteiger partial charge on any atom is 0.234 e. The molecule has 2 heterocycles. The molecule has 1 aromatic heterocycles. The summed E-state index contributed by atoms with van der Waals surface area (Å²) >= 11 is 7.43. The molecular formula is C23H23ClFN5O2S. The average Bonchev–Trinajstić information content (AvgIpc) is 2.84. The van der Waals surface area contributed by atoms with Gasteiger partial charge in [0.1, 0.15) is 28.7 Å². The molecule has 1 aliphatic heterocycles. The number of hydrogen-bond acceptors (Lipinski definition) is 7. The zero-order valence-electron chi connectivity index (χ0n) is 18.0. The summed E-state index contributed by atoms with van der Waals surface area (Å²) in [7, 11) is 1.54. The summed E-state index contributed by atoms with van der Waals surface area (Å²) in [6.45, 7) is 2.82. The van der Waals surface area contributed by atoms with Crippen LogP contribution >= 0.6 is 23.4 Å². The lowest BCUT2D eigenvalue weighted by atomic mass is 10.2. The number of carbonyl (C=O) groups is 1. The van der Waals surface area contributed by atoms with E-state index in [1.165, 1.54) is 31.3 Å². The van der Waals surface area contributed by atoms with Gasteiger partial charge in [0, 0.05) is 37.9 Å². The minimum atomic E-state index is -0.207. The van der Waals surface area contributed by atoms with Crippen LogP contribution in [-0.4, -0.2) is 54.9 Å². The summed E-state index contributed by atoms with van der Waals surface area (Å²) < 4.78 is 19.2. The SMILES string of the molecule is COc1ccc(NC(=O)CSc2cc(N3CCN(c4ccccc4F)CC3)ncn2)cc1Cl. The van der Waals surface area contributed by atoms with Gasteiger partial charge < -0.3 is 19.9 Å². The lowest BCUT2D eigenvalue weighted by Gasteiger charge is -2.36. The van der Waals surface area contributed by atoms with E-state index in [0.29, 0.717) is 53.4 Å². The first-order valence-corrected chi connectivity index (χ1v) is 11.7. The Morgan fingerprint density at radius 2 is 1.88 bits per heavy atom. The highest BCUT2D eigenvalue weighted by atomic mass is 35.5. The van der Waals surface area contributed by atoms with E-state index in [2.05, 4.69) is 20.2 Å². The van der Waals surface area contributed by atoms with Gasteiger partial charge in [-0.25, -0.2) is 14.4 Å². The monoisotopic (exact) mass is 487 g/mol. The van der Waals surface area contributed by atoms with Crippen LogP contribution in [0, 0.1) is 5.82 Å². The maximum absolute atomic E-state index is 14.1. The Balaban J connectivity index is 1.30. The Bertz CT molecular complexity index is 1130. The molecular weight excluding hydrogens is 465 g/mol. The molecule has 1 amide bonds. The van der Waals surface area contributed by atoms with Crippen LogP contribution in [0.25, 0.3) is 0 Å². The van der Waals surface area contributed by atoms with Crippen molar-refractivity contribution in [2.75, 3.05) is 54.2 Å². The highest BCUT2D eigenvalue weighted by Crippen LogP contribution is 2.28. The first-order valence-electron chi connectivity index (χ1n) is 10.4. The molecule has 10 heteroatoms. The molecule has 1 N–H and O–H groups in total. The number of hydrogen-bond donors (Lipinski definition) is 1. The van der Waals surface area contributed by atoms with Crippen LogP contribution in [0.15, 0.2) is 59.9 Å². The van der Waals surface area contributed by atoms with Crippen molar-refractivity contribution in [3.63, 3.8) is 0 Å². The van der Waals surface area contributed by atoms with Crippen LogP contribution in [0.1, 0.15) is 0 Å². The second-order valence-corrected chi connectivity index (χ2v) is 8.73. The molecule has 0 atom stereocenters. The Morgan fingerprint density at radius 3 is 2.61 bits per heavy atom. The number of aromatic nitrogens is 2. The van der Waals surface area contributed by atoms with E-state index in [1.54, 1.807) is 30.3 Å². The van der Waals surface area contributed by atoms with Gasteiger partial charge in [-0.15, -0.1) is 0 Å². The zero-order valence-corrected chi connectivity index (χ0v) is 19.6. The van der Waals surface area contributed by atoms with E-state index < -0.39 is 0 Å². The lowest BCUT2D eigenvalue weighted by Crippen LogP contribution is -2.47. The highest BCUT2D eigenvalue weighted by molar-refractivity contribution is 7.99. The molecule has 2 aromatic carbocycles. The van der Waals surface area contributed by atoms with E-state index in [9.17, 15) is 9.18 Å². The number of nitrogens with one attached hydrogen (secondary N) is 1. The summed E-state index contributed by atoms with van der Waals surface area (Å²) in [5.41, 5.74) is 1.22. The number of para-hydroxylation sites is 1. The van der Waals surface area contributed by atoms with Crippen LogP contribution in [-0.2, 0) is 4.79 Å². The van der Waals surface area contributed by atoms with E-state index in [1.807, 2.05) is 17.0 Å². The Labute approximate surface area is 200 Å². The molecule has 1 saturated heterocycles.